The Morgan fingerprint density at radius 1 is 1.04 bits per heavy atom. The molecule has 0 saturated carbocycles. The van der Waals surface area contributed by atoms with Crippen LogP contribution in [-0.4, -0.2) is 23.0 Å². The highest BCUT2D eigenvalue weighted by Gasteiger charge is 2.36. The van der Waals surface area contributed by atoms with E-state index in [0.717, 1.165) is 0 Å². The third-order valence-electron chi connectivity index (χ3n) is 3.38. The summed E-state index contributed by atoms with van der Waals surface area (Å²) in [7, 11) is -4.02. The molecule has 0 aromatic carbocycles. The standard InChI is InChI=1S/C14H27N2.CHF3O3S/c1-3-4-5-6-7-8-9-10-11-16-13-12-15(2)14-16;2-1(3,4)8(5,6)7/h12-14H,3-11H2,1-2H3;(H,5,6,7)/q+1;/p-1. The van der Waals surface area contributed by atoms with Gasteiger partial charge in [-0.3, -0.25) is 0 Å². The van der Waals surface area contributed by atoms with Crippen molar-refractivity contribution in [3.63, 3.8) is 0 Å². The lowest BCUT2D eigenvalue weighted by Crippen LogP contribution is -2.23. The van der Waals surface area contributed by atoms with Gasteiger partial charge in [-0.05, 0) is 12.8 Å². The Morgan fingerprint density at radius 3 is 1.88 bits per heavy atom. The Hall–Kier alpha value is -1.09. The summed E-state index contributed by atoms with van der Waals surface area (Å²) in [6.07, 6.45) is 17.6. The van der Waals surface area contributed by atoms with Crippen LogP contribution in [0.25, 0.3) is 0 Å². The van der Waals surface area contributed by atoms with Gasteiger partial charge in [0, 0.05) is 0 Å². The first-order valence-electron chi connectivity index (χ1n) is 8.11. The molecule has 0 fully saturated rings. The molecule has 0 unspecified atom stereocenters. The molecule has 0 atom stereocenters. The van der Waals surface area contributed by atoms with Crippen molar-refractivity contribution in [2.75, 3.05) is 0 Å². The van der Waals surface area contributed by atoms with Crippen molar-refractivity contribution in [2.24, 2.45) is 7.05 Å². The molecule has 0 spiro atoms. The van der Waals surface area contributed by atoms with E-state index in [4.69, 9.17) is 13.0 Å². The van der Waals surface area contributed by atoms with Crippen molar-refractivity contribution in [3.05, 3.63) is 18.7 Å². The zero-order valence-corrected chi connectivity index (χ0v) is 15.1. The molecule has 1 aromatic heterocycles. The molecule has 0 amide bonds. The van der Waals surface area contributed by atoms with Crippen LogP contribution in [0, 0.1) is 0 Å². The maximum atomic E-state index is 10.7. The molecule has 1 heterocycles. The summed E-state index contributed by atoms with van der Waals surface area (Å²) in [5, 5.41) is 0. The van der Waals surface area contributed by atoms with Crippen LogP contribution < -0.4 is 4.57 Å². The summed E-state index contributed by atoms with van der Waals surface area (Å²) >= 11 is 0. The van der Waals surface area contributed by atoms with Crippen LogP contribution in [-0.2, 0) is 23.7 Å². The van der Waals surface area contributed by atoms with Crippen LogP contribution >= 0.6 is 0 Å². The molecule has 0 aliphatic heterocycles. The molecule has 0 aliphatic rings. The monoisotopic (exact) mass is 372 g/mol. The second kappa shape index (κ2) is 11.5. The number of unbranched alkanes of at least 4 members (excludes halogenated alkanes) is 7. The normalized spacial score (nSPS) is 11.9. The fourth-order valence-corrected chi connectivity index (χ4v) is 2.06. The van der Waals surface area contributed by atoms with Gasteiger partial charge in [0.2, 0.25) is 6.33 Å². The van der Waals surface area contributed by atoms with Gasteiger partial charge in [0.1, 0.15) is 12.4 Å². The van der Waals surface area contributed by atoms with Crippen LogP contribution in [0.2, 0.25) is 0 Å². The number of aryl methyl sites for hydroxylation is 2. The van der Waals surface area contributed by atoms with E-state index in [-0.39, 0.29) is 0 Å². The lowest BCUT2D eigenvalue weighted by atomic mass is 10.1. The first kappa shape index (κ1) is 22.9. The van der Waals surface area contributed by atoms with E-state index in [9.17, 15) is 13.2 Å². The predicted molar refractivity (Wildman–Crippen MR) is 84.0 cm³/mol. The summed E-state index contributed by atoms with van der Waals surface area (Å²) in [6.45, 7) is 3.45. The predicted octanol–water partition coefficient (Wildman–Crippen LogP) is 3.50. The van der Waals surface area contributed by atoms with Crippen molar-refractivity contribution in [1.29, 1.82) is 0 Å². The molecular weight excluding hydrogens is 345 g/mol. The Balaban J connectivity index is 0.000000561. The van der Waals surface area contributed by atoms with E-state index in [1.807, 2.05) is 0 Å². The number of imidazole rings is 1. The van der Waals surface area contributed by atoms with Crippen molar-refractivity contribution in [3.8, 4) is 0 Å². The van der Waals surface area contributed by atoms with Gasteiger partial charge in [0.15, 0.2) is 10.1 Å². The number of hydrogen-bond donors (Lipinski definition) is 0. The topological polar surface area (TPSA) is 66.0 Å². The Bertz CT molecular complexity index is 542. The smallest absolute Gasteiger partial charge is 0.485 e. The number of aromatic nitrogens is 2. The van der Waals surface area contributed by atoms with Crippen molar-refractivity contribution >= 4 is 10.1 Å². The maximum Gasteiger partial charge on any atom is 0.485 e. The average Bonchev–Trinajstić information content (AvgIpc) is 2.86. The summed E-state index contributed by atoms with van der Waals surface area (Å²) in [5.74, 6) is 0. The van der Waals surface area contributed by atoms with Crippen molar-refractivity contribution in [2.45, 2.75) is 70.3 Å². The average molecular weight is 372 g/mol. The highest BCUT2D eigenvalue weighted by molar-refractivity contribution is 7.86. The molecule has 1 aromatic rings. The van der Waals surface area contributed by atoms with Crippen LogP contribution in [0.5, 0.6) is 0 Å². The molecule has 1 rings (SSSR count). The third kappa shape index (κ3) is 11.4. The van der Waals surface area contributed by atoms with E-state index in [1.165, 1.54) is 57.9 Å². The molecule has 5 nitrogen and oxygen atoms in total. The lowest BCUT2D eigenvalue weighted by molar-refractivity contribution is -0.671. The van der Waals surface area contributed by atoms with Gasteiger partial charge in [-0.15, -0.1) is 0 Å². The number of alkyl halides is 3. The largest absolute Gasteiger partial charge is 0.741 e. The van der Waals surface area contributed by atoms with Crippen molar-refractivity contribution < 1.29 is 30.7 Å². The van der Waals surface area contributed by atoms with Crippen LogP contribution in [0.15, 0.2) is 18.7 Å². The number of halogens is 3. The number of rotatable bonds is 9. The summed E-state index contributed by atoms with van der Waals surface area (Å²) in [4.78, 5) is 0. The van der Waals surface area contributed by atoms with Crippen LogP contribution in [0.1, 0.15) is 58.3 Å². The molecular formula is C15H27F3N2O3S. The summed E-state index contributed by atoms with van der Waals surface area (Å²) < 4.78 is 63.3. The molecule has 9 heteroatoms. The fourth-order valence-electron chi connectivity index (χ4n) is 2.06. The minimum Gasteiger partial charge on any atom is -0.741 e. The van der Waals surface area contributed by atoms with E-state index in [0.29, 0.717) is 0 Å². The first-order valence-corrected chi connectivity index (χ1v) is 9.52. The number of hydrogen-bond acceptors (Lipinski definition) is 3. The number of nitrogens with zero attached hydrogens (tertiary/aromatic N) is 2. The Labute approximate surface area is 142 Å². The lowest BCUT2D eigenvalue weighted by Gasteiger charge is -2.08. The fraction of sp³-hybridized carbons (Fsp3) is 0.800. The minimum absolute atomic E-state index is 1.18. The summed E-state index contributed by atoms with van der Waals surface area (Å²) in [6, 6.07) is 0. The quantitative estimate of drug-likeness (QED) is 0.288. The maximum absolute atomic E-state index is 10.7. The van der Waals surface area contributed by atoms with E-state index in [1.54, 1.807) is 0 Å². The van der Waals surface area contributed by atoms with Gasteiger partial charge in [-0.25, -0.2) is 17.6 Å². The SMILES string of the molecule is CCCCCCCCCCn1cc[n+](C)c1.O=S(=O)([O-])C(F)(F)F. The highest BCUT2D eigenvalue weighted by Crippen LogP contribution is 2.20. The van der Waals surface area contributed by atoms with Gasteiger partial charge >= 0.3 is 5.51 Å². The Kier molecular flexibility index (Phi) is 10.9. The van der Waals surface area contributed by atoms with Gasteiger partial charge in [-0.1, -0.05) is 45.4 Å². The van der Waals surface area contributed by atoms with Crippen LogP contribution in [0.3, 0.4) is 0 Å². The van der Waals surface area contributed by atoms with E-state index >= 15 is 0 Å². The molecule has 0 saturated heterocycles. The zero-order valence-electron chi connectivity index (χ0n) is 14.3. The van der Waals surface area contributed by atoms with Crippen LogP contribution in [0.4, 0.5) is 13.2 Å². The zero-order chi connectivity index (χ0) is 18.6. The van der Waals surface area contributed by atoms with Gasteiger partial charge in [0.05, 0.1) is 13.6 Å². The molecule has 0 bridgehead atoms. The van der Waals surface area contributed by atoms with Gasteiger partial charge in [-0.2, -0.15) is 13.2 Å². The summed E-state index contributed by atoms with van der Waals surface area (Å²) in [5.41, 5.74) is -5.65. The van der Waals surface area contributed by atoms with Crippen molar-refractivity contribution in [1.82, 2.24) is 4.57 Å². The van der Waals surface area contributed by atoms with Gasteiger partial charge in [0.25, 0.3) is 0 Å². The third-order valence-corrected chi connectivity index (χ3v) is 3.94. The first-order chi connectivity index (χ1) is 11.1. The molecule has 24 heavy (non-hydrogen) atoms. The minimum atomic E-state index is -6.09. The molecule has 0 radical (unpaired) electrons. The Morgan fingerprint density at radius 2 is 1.50 bits per heavy atom. The van der Waals surface area contributed by atoms with E-state index < -0.39 is 15.6 Å². The molecule has 0 aliphatic carbocycles. The molecule has 0 N–H and O–H groups in total. The second-order valence-electron chi connectivity index (χ2n) is 5.69. The highest BCUT2D eigenvalue weighted by atomic mass is 32.2. The second-order valence-corrected chi connectivity index (χ2v) is 7.06. The van der Waals surface area contributed by atoms with Gasteiger partial charge < -0.3 is 4.55 Å². The molecule has 142 valence electrons. The van der Waals surface area contributed by atoms with E-state index in [2.05, 4.69) is 41.8 Å².